The Labute approximate surface area is 186 Å². The minimum atomic E-state index is -0.839. The number of aromatic hydroxyl groups is 1. The number of nitrogens with one attached hydrogen (secondary N) is 1. The summed E-state index contributed by atoms with van der Waals surface area (Å²) in [6, 6.07) is 12.8. The highest BCUT2D eigenvalue weighted by molar-refractivity contribution is 6.32. The monoisotopic (exact) mass is 452 g/mol. The zero-order valence-corrected chi connectivity index (χ0v) is 17.8. The first-order valence-corrected chi connectivity index (χ1v) is 9.78. The Balaban J connectivity index is 1.78. The molecule has 162 valence electrons. The van der Waals surface area contributed by atoms with Crippen LogP contribution in [-0.2, 0) is 4.79 Å². The van der Waals surface area contributed by atoms with Crippen molar-refractivity contribution in [2.24, 2.45) is 5.10 Å². The fourth-order valence-electron chi connectivity index (χ4n) is 3.23. The van der Waals surface area contributed by atoms with E-state index in [4.69, 9.17) is 16.3 Å². The minimum absolute atomic E-state index is 0.0999. The van der Waals surface area contributed by atoms with Crippen molar-refractivity contribution in [2.75, 3.05) is 12.1 Å². The summed E-state index contributed by atoms with van der Waals surface area (Å²) in [6.07, 6.45) is 1.21. The van der Waals surface area contributed by atoms with Gasteiger partial charge in [0.15, 0.2) is 0 Å². The van der Waals surface area contributed by atoms with E-state index in [1.54, 1.807) is 31.2 Å². The van der Waals surface area contributed by atoms with Gasteiger partial charge in [0.1, 0.15) is 11.3 Å². The highest BCUT2D eigenvalue weighted by Crippen LogP contribution is 2.28. The second-order valence-corrected chi connectivity index (χ2v) is 7.30. The maximum Gasteiger partial charge on any atom is 0.335 e. The van der Waals surface area contributed by atoms with Crippen molar-refractivity contribution in [2.45, 2.75) is 6.92 Å². The molecule has 1 aliphatic heterocycles. The lowest BCUT2D eigenvalue weighted by Gasteiger charge is -2.12. The summed E-state index contributed by atoms with van der Waals surface area (Å²) in [7, 11) is 1.53. The Morgan fingerprint density at radius 1 is 1.03 bits per heavy atom. The maximum atomic E-state index is 13.0. The molecule has 32 heavy (non-hydrogen) atoms. The van der Waals surface area contributed by atoms with Gasteiger partial charge in [-0.15, -0.1) is 0 Å². The number of hydrazone groups is 1. The number of H-pyrrole nitrogens is 1. The van der Waals surface area contributed by atoms with Crippen LogP contribution in [0.15, 0.2) is 68.8 Å². The number of hydrogen-bond acceptors (Lipinski definition) is 6. The summed E-state index contributed by atoms with van der Waals surface area (Å²) in [5, 5.41) is 16.6. The quantitative estimate of drug-likeness (QED) is 0.590. The lowest BCUT2D eigenvalue weighted by atomic mass is 10.1. The molecule has 9 nitrogen and oxygen atoms in total. The maximum absolute atomic E-state index is 13.0. The van der Waals surface area contributed by atoms with Crippen LogP contribution in [0.1, 0.15) is 12.5 Å². The van der Waals surface area contributed by atoms with E-state index in [9.17, 15) is 19.5 Å². The topological polar surface area (TPSA) is 117 Å². The van der Waals surface area contributed by atoms with Gasteiger partial charge in [-0.1, -0.05) is 11.6 Å². The summed E-state index contributed by atoms with van der Waals surface area (Å²) in [4.78, 5) is 39.9. The normalized spacial score (nSPS) is 14.7. The van der Waals surface area contributed by atoms with E-state index in [1.807, 2.05) is 0 Å². The molecule has 0 saturated heterocycles. The highest BCUT2D eigenvalue weighted by Gasteiger charge is 2.30. The molecular formula is C22H17ClN4O5. The minimum Gasteiger partial charge on any atom is -0.497 e. The SMILES string of the molecule is COc1ccc(N2N=C(C)/C(=C\c3c(O)n(-c4ccc(Cl)cc4)c(=O)[nH]c3=O)C2=O)cc1. The van der Waals surface area contributed by atoms with E-state index in [-0.39, 0.29) is 16.8 Å². The molecule has 0 saturated carbocycles. The predicted molar refractivity (Wildman–Crippen MR) is 121 cm³/mol. The number of nitrogens with zero attached hydrogens (tertiary/aromatic N) is 3. The number of anilines is 1. The number of methoxy groups -OCH3 is 1. The summed E-state index contributed by atoms with van der Waals surface area (Å²) >= 11 is 5.88. The van der Waals surface area contributed by atoms with E-state index in [1.165, 1.54) is 42.5 Å². The van der Waals surface area contributed by atoms with Crippen LogP contribution in [0, 0.1) is 0 Å². The number of hydrogen-bond donors (Lipinski definition) is 2. The molecule has 0 spiro atoms. The number of benzene rings is 2. The van der Waals surface area contributed by atoms with Crippen LogP contribution in [0.25, 0.3) is 11.8 Å². The Kier molecular flexibility index (Phi) is 5.41. The van der Waals surface area contributed by atoms with Gasteiger partial charge in [-0.05, 0) is 61.5 Å². The molecular weight excluding hydrogens is 436 g/mol. The summed E-state index contributed by atoms with van der Waals surface area (Å²) in [5.74, 6) is -0.481. The van der Waals surface area contributed by atoms with E-state index in [0.29, 0.717) is 22.2 Å². The van der Waals surface area contributed by atoms with Crippen LogP contribution >= 0.6 is 11.6 Å². The molecule has 1 aromatic heterocycles. The molecule has 0 fully saturated rings. The van der Waals surface area contributed by atoms with Crippen LogP contribution in [0.2, 0.25) is 5.02 Å². The predicted octanol–water partition coefficient (Wildman–Crippen LogP) is 2.70. The molecule has 2 aromatic carbocycles. The number of carbonyl (C=O) groups is 1. The largest absolute Gasteiger partial charge is 0.497 e. The molecule has 0 bridgehead atoms. The third kappa shape index (κ3) is 3.69. The van der Waals surface area contributed by atoms with Crippen LogP contribution < -0.4 is 21.0 Å². The Morgan fingerprint density at radius 3 is 2.28 bits per heavy atom. The van der Waals surface area contributed by atoms with Crippen molar-refractivity contribution < 1.29 is 14.6 Å². The van der Waals surface area contributed by atoms with Crippen molar-refractivity contribution in [1.82, 2.24) is 9.55 Å². The number of amides is 1. The average molecular weight is 453 g/mol. The van der Waals surface area contributed by atoms with E-state index in [0.717, 1.165) is 4.57 Å². The van der Waals surface area contributed by atoms with Gasteiger partial charge in [-0.2, -0.15) is 10.1 Å². The molecule has 0 aliphatic carbocycles. The zero-order chi connectivity index (χ0) is 23.0. The van der Waals surface area contributed by atoms with Crippen LogP contribution in [-0.4, -0.2) is 33.4 Å². The first-order chi connectivity index (χ1) is 15.3. The highest BCUT2D eigenvalue weighted by atomic mass is 35.5. The van der Waals surface area contributed by atoms with Crippen molar-refractivity contribution >= 4 is 35.0 Å². The number of rotatable bonds is 4. The number of ether oxygens (including phenoxy) is 1. The molecule has 1 aliphatic rings. The molecule has 1 amide bonds. The zero-order valence-electron chi connectivity index (χ0n) is 17.0. The second-order valence-electron chi connectivity index (χ2n) is 6.87. The fourth-order valence-corrected chi connectivity index (χ4v) is 3.35. The number of carbonyl (C=O) groups excluding carboxylic acids is 1. The lowest BCUT2D eigenvalue weighted by Crippen LogP contribution is -2.30. The van der Waals surface area contributed by atoms with E-state index >= 15 is 0 Å². The van der Waals surface area contributed by atoms with Gasteiger partial charge < -0.3 is 9.84 Å². The molecule has 3 aromatic rings. The summed E-state index contributed by atoms with van der Waals surface area (Å²) in [5.41, 5.74) is -0.696. The van der Waals surface area contributed by atoms with Gasteiger partial charge in [0, 0.05) is 5.02 Å². The number of halogens is 1. The van der Waals surface area contributed by atoms with Crippen molar-refractivity contribution in [3.05, 3.63) is 85.5 Å². The van der Waals surface area contributed by atoms with E-state index in [2.05, 4.69) is 10.1 Å². The van der Waals surface area contributed by atoms with Crippen molar-refractivity contribution in [3.63, 3.8) is 0 Å². The Morgan fingerprint density at radius 2 is 1.66 bits per heavy atom. The third-order valence-electron chi connectivity index (χ3n) is 4.87. The molecule has 2 heterocycles. The van der Waals surface area contributed by atoms with Gasteiger partial charge >= 0.3 is 5.69 Å². The van der Waals surface area contributed by atoms with Gasteiger partial charge in [-0.25, -0.2) is 9.36 Å². The molecule has 10 heteroatoms. The first-order valence-electron chi connectivity index (χ1n) is 9.40. The summed E-state index contributed by atoms with van der Waals surface area (Å²) in [6.45, 7) is 1.60. The van der Waals surface area contributed by atoms with Crippen LogP contribution in [0.5, 0.6) is 11.6 Å². The fraction of sp³-hybridized carbons (Fsp3) is 0.0909. The number of aromatic amines is 1. The number of aromatic nitrogens is 2. The molecule has 0 unspecified atom stereocenters. The first kappa shape index (κ1) is 21.1. The van der Waals surface area contributed by atoms with Crippen molar-refractivity contribution in [1.29, 1.82) is 0 Å². The molecule has 0 radical (unpaired) electrons. The molecule has 4 rings (SSSR count). The molecule has 2 N–H and O–H groups in total. The average Bonchev–Trinajstić information content (AvgIpc) is 3.05. The summed E-state index contributed by atoms with van der Waals surface area (Å²) < 4.78 is 6.03. The van der Waals surface area contributed by atoms with Gasteiger partial charge in [0.25, 0.3) is 11.5 Å². The smallest absolute Gasteiger partial charge is 0.335 e. The Hall–Kier alpha value is -4.11. The Bertz CT molecular complexity index is 1390. The third-order valence-corrected chi connectivity index (χ3v) is 5.13. The van der Waals surface area contributed by atoms with Crippen molar-refractivity contribution in [3.8, 4) is 17.3 Å². The van der Waals surface area contributed by atoms with Crippen LogP contribution in [0.3, 0.4) is 0 Å². The standard InChI is InChI=1S/C22H17ClN4O5/c1-12-17(21(30)27(25-12)15-7-9-16(32-2)10-8-15)11-18-19(28)24-22(31)26(20(18)29)14-5-3-13(23)4-6-14/h3-11,29H,1-2H3,(H,24,28,31)/b17-11+. The second kappa shape index (κ2) is 8.20. The van der Waals surface area contributed by atoms with Gasteiger partial charge in [0.05, 0.1) is 29.8 Å². The van der Waals surface area contributed by atoms with Gasteiger partial charge in [0.2, 0.25) is 5.88 Å². The molecule has 0 atom stereocenters. The lowest BCUT2D eigenvalue weighted by molar-refractivity contribution is -0.114. The van der Waals surface area contributed by atoms with E-state index < -0.39 is 23.0 Å². The van der Waals surface area contributed by atoms with Crippen LogP contribution in [0.4, 0.5) is 5.69 Å². The van der Waals surface area contributed by atoms with Gasteiger partial charge in [-0.3, -0.25) is 14.6 Å².